The number of fused-ring (bicyclic) bond motifs is 1. The molecule has 2 saturated carbocycles. The van der Waals surface area contributed by atoms with Crippen molar-refractivity contribution in [2.24, 2.45) is 23.7 Å². The second-order valence-electron chi connectivity index (χ2n) is 5.43. The van der Waals surface area contributed by atoms with Crippen LogP contribution in [0.4, 0.5) is 4.79 Å². The van der Waals surface area contributed by atoms with Crippen molar-refractivity contribution in [3.63, 3.8) is 0 Å². The summed E-state index contributed by atoms with van der Waals surface area (Å²) < 4.78 is 14.1. The van der Waals surface area contributed by atoms with Gasteiger partial charge in [-0.2, -0.15) is 0 Å². The number of hydrogen-bond acceptors (Lipinski definition) is 6. The summed E-state index contributed by atoms with van der Waals surface area (Å²) in [6.07, 6.45) is 0.146. The number of aliphatic carboxylic acids is 1. The first-order valence-electron chi connectivity index (χ1n) is 6.64. The number of hydrogen-bond donors (Lipinski definition) is 1. The Morgan fingerprint density at radius 2 is 1.90 bits per heavy atom. The molecule has 20 heavy (non-hydrogen) atoms. The highest BCUT2D eigenvalue weighted by atomic mass is 16.8. The highest BCUT2D eigenvalue weighted by Gasteiger charge is 2.64. The third-order valence-corrected chi connectivity index (χ3v) is 3.80. The van der Waals surface area contributed by atoms with Gasteiger partial charge in [0, 0.05) is 0 Å². The van der Waals surface area contributed by atoms with Gasteiger partial charge in [0.15, 0.2) is 0 Å². The third-order valence-electron chi connectivity index (χ3n) is 3.80. The van der Waals surface area contributed by atoms with Gasteiger partial charge in [-0.1, -0.05) is 0 Å². The summed E-state index contributed by atoms with van der Waals surface area (Å²) in [5.41, 5.74) is 0. The van der Waals surface area contributed by atoms with Crippen molar-refractivity contribution in [1.82, 2.24) is 0 Å². The van der Waals surface area contributed by atoms with Crippen molar-refractivity contribution in [3.05, 3.63) is 0 Å². The minimum atomic E-state index is -0.896. The van der Waals surface area contributed by atoms with E-state index in [9.17, 15) is 14.4 Å². The minimum Gasteiger partial charge on any atom is -0.481 e. The molecule has 4 unspecified atom stereocenters. The fourth-order valence-electron chi connectivity index (χ4n) is 2.96. The van der Waals surface area contributed by atoms with E-state index in [1.807, 2.05) is 0 Å². The van der Waals surface area contributed by atoms with E-state index in [0.717, 1.165) is 6.42 Å². The molecule has 0 radical (unpaired) electrons. The molecule has 0 spiro atoms. The molecule has 2 aliphatic rings. The number of rotatable bonds is 5. The maximum atomic E-state index is 11.7. The van der Waals surface area contributed by atoms with Gasteiger partial charge in [0.2, 0.25) is 6.79 Å². The Hall–Kier alpha value is -1.79. The summed E-state index contributed by atoms with van der Waals surface area (Å²) in [4.78, 5) is 33.8. The normalized spacial score (nSPS) is 30.6. The van der Waals surface area contributed by atoms with E-state index in [-0.39, 0.29) is 23.9 Å². The molecule has 2 fully saturated rings. The quantitative estimate of drug-likeness (QED) is 0.602. The molecule has 0 aromatic heterocycles. The van der Waals surface area contributed by atoms with Gasteiger partial charge < -0.3 is 19.3 Å². The molecule has 0 saturated heterocycles. The van der Waals surface area contributed by atoms with E-state index in [4.69, 9.17) is 14.6 Å². The topological polar surface area (TPSA) is 99.1 Å². The smallest absolute Gasteiger partial charge is 0.481 e. The first-order valence-corrected chi connectivity index (χ1v) is 6.64. The lowest BCUT2D eigenvalue weighted by atomic mass is 10.0. The van der Waals surface area contributed by atoms with Crippen LogP contribution in [0.15, 0.2) is 0 Å². The molecule has 0 amide bonds. The number of esters is 1. The Balaban J connectivity index is 1.70. The predicted octanol–water partition coefficient (Wildman–Crippen LogP) is 1.41. The molecular formula is C13H18O7. The van der Waals surface area contributed by atoms with E-state index in [2.05, 4.69) is 4.74 Å². The van der Waals surface area contributed by atoms with Crippen molar-refractivity contribution in [3.8, 4) is 0 Å². The third kappa shape index (κ3) is 3.02. The summed E-state index contributed by atoms with van der Waals surface area (Å²) >= 11 is 0. The zero-order valence-corrected chi connectivity index (χ0v) is 11.4. The fraction of sp³-hybridized carbons (Fsp3) is 0.769. The number of carbonyl (C=O) groups excluding carboxylic acids is 2. The molecule has 1 N–H and O–H groups in total. The zero-order valence-electron chi connectivity index (χ0n) is 11.4. The van der Waals surface area contributed by atoms with Gasteiger partial charge in [-0.05, 0) is 38.5 Å². The van der Waals surface area contributed by atoms with Crippen LogP contribution in [-0.2, 0) is 23.8 Å². The Morgan fingerprint density at radius 3 is 2.50 bits per heavy atom. The van der Waals surface area contributed by atoms with Crippen LogP contribution >= 0.6 is 0 Å². The molecule has 0 aromatic rings. The zero-order chi connectivity index (χ0) is 14.9. The summed E-state index contributed by atoms with van der Waals surface area (Å²) in [6, 6.07) is 0. The SMILES string of the molecule is CC(C)OC(=O)OCOC(=O)C1C2CCC(C(=O)O)C21. The average molecular weight is 286 g/mol. The Morgan fingerprint density at radius 1 is 1.20 bits per heavy atom. The van der Waals surface area contributed by atoms with Crippen molar-refractivity contribution in [2.45, 2.75) is 32.8 Å². The Bertz CT molecular complexity index is 417. The first kappa shape index (κ1) is 14.6. The number of carboxylic acid groups (broad SMARTS) is 1. The van der Waals surface area contributed by atoms with Crippen LogP contribution in [0, 0.1) is 23.7 Å². The van der Waals surface area contributed by atoms with Crippen LogP contribution < -0.4 is 0 Å². The highest BCUT2D eigenvalue weighted by Crippen LogP contribution is 2.60. The molecular weight excluding hydrogens is 268 g/mol. The van der Waals surface area contributed by atoms with Crippen LogP contribution in [0.1, 0.15) is 26.7 Å². The van der Waals surface area contributed by atoms with Gasteiger partial charge in [0.25, 0.3) is 0 Å². The molecule has 0 heterocycles. The second kappa shape index (κ2) is 5.68. The summed E-state index contributed by atoms with van der Waals surface area (Å²) in [6.45, 7) is 2.84. The maximum Gasteiger partial charge on any atom is 0.511 e. The molecule has 2 aliphatic carbocycles. The van der Waals surface area contributed by atoms with Crippen LogP contribution in [-0.4, -0.2) is 36.1 Å². The summed E-state index contributed by atoms with van der Waals surface area (Å²) in [5, 5.41) is 9.00. The lowest BCUT2D eigenvalue weighted by molar-refractivity contribution is -0.156. The number of carbonyl (C=O) groups is 3. The van der Waals surface area contributed by atoms with E-state index in [1.54, 1.807) is 13.8 Å². The molecule has 2 rings (SSSR count). The van der Waals surface area contributed by atoms with Crippen LogP contribution in [0.25, 0.3) is 0 Å². The van der Waals surface area contributed by atoms with E-state index >= 15 is 0 Å². The van der Waals surface area contributed by atoms with Crippen LogP contribution in [0.3, 0.4) is 0 Å². The maximum absolute atomic E-state index is 11.7. The van der Waals surface area contributed by atoms with Crippen molar-refractivity contribution in [2.75, 3.05) is 6.79 Å². The van der Waals surface area contributed by atoms with Crippen molar-refractivity contribution in [1.29, 1.82) is 0 Å². The predicted molar refractivity (Wildman–Crippen MR) is 64.5 cm³/mol. The van der Waals surface area contributed by atoms with E-state index in [1.165, 1.54) is 0 Å². The van der Waals surface area contributed by atoms with E-state index in [0.29, 0.717) is 6.42 Å². The number of carboxylic acids is 1. The first-order chi connectivity index (χ1) is 9.41. The lowest BCUT2D eigenvalue weighted by Crippen LogP contribution is -2.21. The molecule has 7 heteroatoms. The second-order valence-corrected chi connectivity index (χ2v) is 5.43. The molecule has 0 aliphatic heterocycles. The van der Waals surface area contributed by atoms with Crippen LogP contribution in [0.5, 0.6) is 0 Å². The monoisotopic (exact) mass is 286 g/mol. The van der Waals surface area contributed by atoms with Gasteiger partial charge in [-0.3, -0.25) is 9.59 Å². The van der Waals surface area contributed by atoms with Crippen molar-refractivity contribution < 1.29 is 33.7 Å². The van der Waals surface area contributed by atoms with Crippen LogP contribution in [0.2, 0.25) is 0 Å². The molecule has 112 valence electrons. The van der Waals surface area contributed by atoms with Gasteiger partial charge in [0.1, 0.15) is 0 Å². The Kier molecular flexibility index (Phi) is 4.15. The average Bonchev–Trinajstić information content (AvgIpc) is 2.87. The summed E-state index contributed by atoms with van der Waals surface area (Å²) in [5.74, 6) is -2.19. The minimum absolute atomic E-state index is 0.103. The molecule has 7 nitrogen and oxygen atoms in total. The standard InChI is InChI=1S/C13H18O7/c1-6(2)20-13(17)19-5-18-12(16)10-7-3-4-8(9(7)10)11(14)15/h6-10H,3-5H2,1-2H3,(H,14,15). The highest BCUT2D eigenvalue weighted by molar-refractivity contribution is 5.80. The van der Waals surface area contributed by atoms with Gasteiger partial charge in [-0.15, -0.1) is 0 Å². The van der Waals surface area contributed by atoms with Gasteiger partial charge >= 0.3 is 18.1 Å². The summed E-state index contributed by atoms with van der Waals surface area (Å²) in [7, 11) is 0. The molecule has 0 bridgehead atoms. The lowest BCUT2D eigenvalue weighted by Gasteiger charge is -2.11. The van der Waals surface area contributed by atoms with Gasteiger partial charge in [0.05, 0.1) is 17.9 Å². The fourth-order valence-corrected chi connectivity index (χ4v) is 2.96. The molecule has 0 aromatic carbocycles. The Labute approximate surface area is 116 Å². The number of ether oxygens (including phenoxy) is 3. The largest absolute Gasteiger partial charge is 0.511 e. The van der Waals surface area contributed by atoms with E-state index < -0.39 is 30.8 Å². The van der Waals surface area contributed by atoms with Gasteiger partial charge in [-0.25, -0.2) is 4.79 Å². The van der Waals surface area contributed by atoms with Crippen molar-refractivity contribution >= 4 is 18.1 Å². The molecule has 4 atom stereocenters.